The van der Waals surface area contributed by atoms with Gasteiger partial charge in [0.15, 0.2) is 0 Å². The molecule has 0 unspecified atom stereocenters. The van der Waals surface area contributed by atoms with Gasteiger partial charge in [-0.05, 0) is 37.3 Å². The van der Waals surface area contributed by atoms with E-state index in [0.29, 0.717) is 35.6 Å². The number of pyridine rings is 1. The van der Waals surface area contributed by atoms with Crippen LogP contribution in [0, 0.1) is 6.92 Å². The number of aryl methyl sites for hydroxylation is 1. The van der Waals surface area contributed by atoms with E-state index >= 15 is 0 Å². The number of nitrogens with zero attached hydrogens (tertiary/aromatic N) is 2. The highest BCUT2D eigenvalue weighted by atomic mass is 16.5. The summed E-state index contributed by atoms with van der Waals surface area (Å²) in [4.78, 5) is 29.5. The highest BCUT2D eigenvalue weighted by Crippen LogP contribution is 2.18. The fourth-order valence-electron chi connectivity index (χ4n) is 2.86. The highest BCUT2D eigenvalue weighted by molar-refractivity contribution is 6.05. The summed E-state index contributed by atoms with van der Waals surface area (Å²) in [5, 5.41) is 5.33. The molecule has 3 rings (SSSR count). The molecule has 1 aliphatic heterocycles. The fraction of sp³-hybridized carbons (Fsp3) is 0.350. The van der Waals surface area contributed by atoms with E-state index < -0.39 is 0 Å². The van der Waals surface area contributed by atoms with Gasteiger partial charge in [-0.3, -0.25) is 19.5 Å². The highest BCUT2D eigenvalue weighted by Gasteiger charge is 2.12. The third-order valence-electron chi connectivity index (χ3n) is 4.45. The Morgan fingerprint density at radius 3 is 2.71 bits per heavy atom. The smallest absolute Gasteiger partial charge is 0.257 e. The second-order valence-corrected chi connectivity index (χ2v) is 6.40. The summed E-state index contributed by atoms with van der Waals surface area (Å²) in [5.74, 6) is 0.460. The molecule has 28 heavy (non-hydrogen) atoms. The first-order valence-corrected chi connectivity index (χ1v) is 9.17. The van der Waals surface area contributed by atoms with Crippen molar-refractivity contribution in [3.63, 3.8) is 0 Å². The molecule has 2 aromatic rings. The molecule has 0 bridgehead atoms. The van der Waals surface area contributed by atoms with Gasteiger partial charge in [0.2, 0.25) is 6.41 Å². The standard InChI is InChI=1S/C20H24N4O4/c1-15-19(12-17(13-21-15)22-14-25)20(26)23-16-2-4-18(5-3-16)28-11-8-24-6-9-27-10-7-24/h2-5,12-14H,6-11H2,1H3,(H,22,25)(H,23,26). The zero-order valence-corrected chi connectivity index (χ0v) is 15.8. The van der Waals surface area contributed by atoms with Gasteiger partial charge in [0.25, 0.3) is 5.91 Å². The molecule has 0 aliphatic carbocycles. The van der Waals surface area contributed by atoms with E-state index in [1.807, 2.05) is 12.1 Å². The Morgan fingerprint density at radius 2 is 2.00 bits per heavy atom. The van der Waals surface area contributed by atoms with Crippen molar-refractivity contribution in [2.45, 2.75) is 6.92 Å². The van der Waals surface area contributed by atoms with Crippen molar-refractivity contribution in [3.05, 3.63) is 47.8 Å². The number of benzene rings is 1. The molecule has 148 valence electrons. The minimum absolute atomic E-state index is 0.291. The van der Waals surface area contributed by atoms with Gasteiger partial charge in [-0.2, -0.15) is 0 Å². The Hall–Kier alpha value is -2.97. The fourth-order valence-corrected chi connectivity index (χ4v) is 2.86. The van der Waals surface area contributed by atoms with Crippen molar-refractivity contribution in [1.29, 1.82) is 0 Å². The third kappa shape index (κ3) is 5.51. The predicted molar refractivity (Wildman–Crippen MR) is 106 cm³/mol. The summed E-state index contributed by atoms with van der Waals surface area (Å²) >= 11 is 0. The van der Waals surface area contributed by atoms with Crippen molar-refractivity contribution < 1.29 is 19.1 Å². The number of aromatic nitrogens is 1. The maximum atomic E-state index is 12.5. The number of carbonyl (C=O) groups excluding carboxylic acids is 2. The zero-order valence-electron chi connectivity index (χ0n) is 15.8. The van der Waals surface area contributed by atoms with Crippen molar-refractivity contribution in [1.82, 2.24) is 9.88 Å². The van der Waals surface area contributed by atoms with Gasteiger partial charge in [0.05, 0.1) is 36.4 Å². The number of amides is 2. The van der Waals surface area contributed by atoms with Crippen LogP contribution in [0.25, 0.3) is 0 Å². The van der Waals surface area contributed by atoms with Crippen LogP contribution in [-0.4, -0.2) is 61.7 Å². The Labute approximate surface area is 163 Å². The van der Waals surface area contributed by atoms with E-state index in [9.17, 15) is 9.59 Å². The molecule has 1 aromatic carbocycles. The van der Waals surface area contributed by atoms with Gasteiger partial charge in [-0.25, -0.2) is 0 Å². The lowest BCUT2D eigenvalue weighted by molar-refractivity contribution is -0.105. The lowest BCUT2D eigenvalue weighted by Gasteiger charge is -2.26. The number of ether oxygens (including phenoxy) is 2. The van der Waals surface area contributed by atoms with E-state index in [4.69, 9.17) is 9.47 Å². The van der Waals surface area contributed by atoms with E-state index in [2.05, 4.69) is 20.5 Å². The van der Waals surface area contributed by atoms with Gasteiger partial charge in [0, 0.05) is 25.3 Å². The SMILES string of the molecule is Cc1ncc(NC=O)cc1C(=O)Nc1ccc(OCCN2CCOCC2)cc1. The Balaban J connectivity index is 1.52. The molecule has 8 heteroatoms. The zero-order chi connectivity index (χ0) is 19.8. The molecule has 1 aliphatic rings. The van der Waals surface area contributed by atoms with Crippen LogP contribution >= 0.6 is 0 Å². The molecule has 2 N–H and O–H groups in total. The van der Waals surface area contributed by atoms with E-state index in [0.717, 1.165) is 38.6 Å². The maximum Gasteiger partial charge on any atom is 0.257 e. The van der Waals surface area contributed by atoms with Crippen LogP contribution in [0.4, 0.5) is 11.4 Å². The number of hydrogen-bond acceptors (Lipinski definition) is 6. The summed E-state index contributed by atoms with van der Waals surface area (Å²) in [7, 11) is 0. The molecule has 2 heterocycles. The minimum atomic E-state index is -0.291. The van der Waals surface area contributed by atoms with Crippen molar-refractivity contribution in [2.75, 3.05) is 50.1 Å². The molecule has 1 saturated heterocycles. The van der Waals surface area contributed by atoms with Crippen LogP contribution in [0.3, 0.4) is 0 Å². The van der Waals surface area contributed by atoms with Gasteiger partial charge in [-0.15, -0.1) is 0 Å². The summed E-state index contributed by atoms with van der Waals surface area (Å²) in [6.45, 7) is 6.63. The van der Waals surface area contributed by atoms with Gasteiger partial charge in [0.1, 0.15) is 12.4 Å². The van der Waals surface area contributed by atoms with Crippen LogP contribution in [-0.2, 0) is 9.53 Å². The van der Waals surface area contributed by atoms with Crippen molar-refractivity contribution >= 4 is 23.7 Å². The second-order valence-electron chi connectivity index (χ2n) is 6.40. The molecule has 0 radical (unpaired) electrons. The Morgan fingerprint density at radius 1 is 1.25 bits per heavy atom. The van der Waals surface area contributed by atoms with E-state index in [1.54, 1.807) is 25.1 Å². The van der Waals surface area contributed by atoms with Crippen LogP contribution in [0.1, 0.15) is 16.1 Å². The molecule has 8 nitrogen and oxygen atoms in total. The Bertz CT molecular complexity index is 804. The average Bonchev–Trinajstić information content (AvgIpc) is 2.72. The molecule has 2 amide bonds. The molecule has 0 saturated carbocycles. The number of nitrogens with one attached hydrogen (secondary N) is 2. The molecule has 1 aromatic heterocycles. The van der Waals surface area contributed by atoms with Crippen LogP contribution < -0.4 is 15.4 Å². The quantitative estimate of drug-likeness (QED) is 0.676. The molecular formula is C20H24N4O4. The maximum absolute atomic E-state index is 12.5. The number of anilines is 2. The lowest BCUT2D eigenvalue weighted by Crippen LogP contribution is -2.38. The first-order valence-electron chi connectivity index (χ1n) is 9.17. The summed E-state index contributed by atoms with van der Waals surface area (Å²) in [6.07, 6.45) is 2.05. The summed E-state index contributed by atoms with van der Waals surface area (Å²) in [6, 6.07) is 8.82. The van der Waals surface area contributed by atoms with Crippen LogP contribution in [0.5, 0.6) is 5.75 Å². The number of morpholine rings is 1. The summed E-state index contributed by atoms with van der Waals surface area (Å²) < 4.78 is 11.1. The summed E-state index contributed by atoms with van der Waals surface area (Å²) in [5.41, 5.74) is 2.10. The van der Waals surface area contributed by atoms with Gasteiger partial charge < -0.3 is 20.1 Å². The van der Waals surface area contributed by atoms with E-state index in [-0.39, 0.29) is 5.91 Å². The molecule has 0 atom stereocenters. The monoisotopic (exact) mass is 384 g/mol. The predicted octanol–water partition coefficient (Wildman–Crippen LogP) is 1.92. The number of hydrogen-bond donors (Lipinski definition) is 2. The number of rotatable bonds is 8. The van der Waals surface area contributed by atoms with Gasteiger partial charge in [-0.1, -0.05) is 0 Å². The second kappa shape index (κ2) is 9.82. The minimum Gasteiger partial charge on any atom is -0.492 e. The number of carbonyl (C=O) groups is 2. The van der Waals surface area contributed by atoms with Crippen molar-refractivity contribution in [3.8, 4) is 5.75 Å². The first kappa shape index (κ1) is 19.8. The average molecular weight is 384 g/mol. The molecule has 1 fully saturated rings. The van der Waals surface area contributed by atoms with Crippen LogP contribution in [0.15, 0.2) is 36.5 Å². The molecular weight excluding hydrogens is 360 g/mol. The Kier molecular flexibility index (Phi) is 6.94. The first-order chi connectivity index (χ1) is 13.7. The topological polar surface area (TPSA) is 92.8 Å². The van der Waals surface area contributed by atoms with E-state index in [1.165, 1.54) is 6.20 Å². The lowest BCUT2D eigenvalue weighted by atomic mass is 10.1. The van der Waals surface area contributed by atoms with Crippen molar-refractivity contribution in [2.24, 2.45) is 0 Å². The normalized spacial score (nSPS) is 14.3. The van der Waals surface area contributed by atoms with Gasteiger partial charge >= 0.3 is 0 Å². The third-order valence-corrected chi connectivity index (χ3v) is 4.45. The van der Waals surface area contributed by atoms with Crippen LogP contribution in [0.2, 0.25) is 0 Å². The largest absolute Gasteiger partial charge is 0.492 e. The molecule has 0 spiro atoms.